The second kappa shape index (κ2) is 6.17. The predicted octanol–water partition coefficient (Wildman–Crippen LogP) is 3.69. The third kappa shape index (κ3) is 2.63. The van der Waals surface area contributed by atoms with Crippen molar-refractivity contribution in [3.63, 3.8) is 0 Å². The van der Waals surface area contributed by atoms with E-state index in [1.165, 1.54) is 36.4 Å². The van der Waals surface area contributed by atoms with Gasteiger partial charge in [-0.15, -0.1) is 0 Å². The van der Waals surface area contributed by atoms with Crippen molar-refractivity contribution in [3.05, 3.63) is 69.8 Å². The van der Waals surface area contributed by atoms with Crippen molar-refractivity contribution in [1.29, 1.82) is 0 Å². The van der Waals surface area contributed by atoms with E-state index in [0.717, 1.165) is 6.07 Å². The molecular formula is C16H10F2N2O4. The first-order valence-corrected chi connectivity index (χ1v) is 6.81. The van der Waals surface area contributed by atoms with Crippen LogP contribution in [0.15, 0.2) is 47.0 Å². The number of benzene rings is 2. The molecule has 0 saturated heterocycles. The lowest BCUT2D eigenvalue weighted by Crippen LogP contribution is -1.94. The Morgan fingerprint density at radius 1 is 1.21 bits per heavy atom. The van der Waals surface area contributed by atoms with Gasteiger partial charge in [-0.1, -0.05) is 23.4 Å². The lowest BCUT2D eigenvalue weighted by molar-refractivity contribution is -0.384. The number of hydrogen-bond acceptors (Lipinski definition) is 5. The first-order chi connectivity index (χ1) is 11.5. The third-order valence-corrected chi connectivity index (χ3v) is 3.47. The maximum absolute atomic E-state index is 14.0. The topological polar surface area (TPSA) is 89.4 Å². The fraction of sp³-hybridized carbons (Fsp3) is 0.0625. The van der Waals surface area contributed by atoms with Crippen LogP contribution in [0.1, 0.15) is 5.56 Å². The summed E-state index contributed by atoms with van der Waals surface area (Å²) in [6.07, 6.45) is 0. The lowest BCUT2D eigenvalue weighted by atomic mass is 10.0. The third-order valence-electron chi connectivity index (χ3n) is 3.47. The van der Waals surface area contributed by atoms with Crippen LogP contribution in [0.3, 0.4) is 0 Å². The molecule has 0 bridgehead atoms. The molecule has 0 aliphatic heterocycles. The number of hydrogen-bond donors (Lipinski definition) is 1. The number of nitro benzene ring substituents is 1. The van der Waals surface area contributed by atoms with Gasteiger partial charge in [-0.2, -0.15) is 0 Å². The highest BCUT2D eigenvalue weighted by Crippen LogP contribution is 2.35. The van der Waals surface area contributed by atoms with Crippen LogP contribution >= 0.6 is 0 Å². The van der Waals surface area contributed by atoms with Crippen molar-refractivity contribution < 1.29 is 23.3 Å². The molecule has 24 heavy (non-hydrogen) atoms. The summed E-state index contributed by atoms with van der Waals surface area (Å²) < 4.78 is 32.4. The highest BCUT2D eigenvalue weighted by molar-refractivity contribution is 5.73. The molecule has 0 spiro atoms. The monoisotopic (exact) mass is 332 g/mol. The summed E-state index contributed by atoms with van der Waals surface area (Å²) in [4.78, 5) is 10.3. The number of nitro groups is 1. The van der Waals surface area contributed by atoms with Gasteiger partial charge in [0, 0.05) is 17.7 Å². The smallest absolute Gasteiger partial charge is 0.270 e. The molecule has 0 atom stereocenters. The van der Waals surface area contributed by atoms with Gasteiger partial charge in [-0.05, 0) is 12.1 Å². The van der Waals surface area contributed by atoms with Crippen LogP contribution < -0.4 is 0 Å². The molecule has 0 fully saturated rings. The van der Waals surface area contributed by atoms with E-state index in [2.05, 4.69) is 5.16 Å². The predicted molar refractivity (Wildman–Crippen MR) is 79.9 cm³/mol. The largest absolute Gasteiger partial charge is 0.391 e. The van der Waals surface area contributed by atoms with Crippen LogP contribution in [0.5, 0.6) is 0 Å². The van der Waals surface area contributed by atoms with Crippen molar-refractivity contribution in [3.8, 4) is 22.6 Å². The zero-order valence-corrected chi connectivity index (χ0v) is 12.1. The highest BCUT2D eigenvalue weighted by Gasteiger charge is 2.23. The Hall–Kier alpha value is -3.13. The summed E-state index contributed by atoms with van der Waals surface area (Å²) in [6, 6.07) is 9.08. The van der Waals surface area contributed by atoms with Crippen LogP contribution in [-0.4, -0.2) is 15.2 Å². The molecule has 0 saturated carbocycles. The number of aliphatic hydroxyl groups excluding tert-OH is 1. The Morgan fingerprint density at radius 3 is 2.67 bits per heavy atom. The second-order valence-corrected chi connectivity index (χ2v) is 4.91. The van der Waals surface area contributed by atoms with E-state index < -0.39 is 23.2 Å². The molecule has 1 aromatic heterocycles. The zero-order chi connectivity index (χ0) is 17.3. The SMILES string of the molecule is O=[N+]([O-])c1cccc(-c2noc(-c3cccc(F)c3F)c2CO)c1. The van der Waals surface area contributed by atoms with Crippen LogP contribution in [0.4, 0.5) is 14.5 Å². The molecule has 0 amide bonds. The number of rotatable bonds is 4. The second-order valence-electron chi connectivity index (χ2n) is 4.91. The summed E-state index contributed by atoms with van der Waals surface area (Å²) in [5.41, 5.74) is 0.195. The van der Waals surface area contributed by atoms with Crippen LogP contribution in [0, 0.1) is 21.7 Å². The minimum Gasteiger partial charge on any atom is -0.391 e. The standard InChI is InChI=1S/C16H10F2N2O4/c17-13-6-2-5-11(14(13)18)16-12(8-21)15(19-24-16)9-3-1-4-10(7-9)20(22)23/h1-7,21H,8H2. The van der Waals surface area contributed by atoms with Crippen molar-refractivity contribution in [2.24, 2.45) is 0 Å². The van der Waals surface area contributed by atoms with Crippen LogP contribution in [-0.2, 0) is 6.61 Å². The summed E-state index contributed by atoms with van der Waals surface area (Å²) in [5.74, 6) is -2.32. The number of non-ortho nitro benzene ring substituents is 1. The lowest BCUT2D eigenvalue weighted by Gasteiger charge is -2.03. The molecule has 1 heterocycles. The average molecular weight is 332 g/mol. The number of aliphatic hydroxyl groups is 1. The maximum atomic E-state index is 14.0. The normalized spacial score (nSPS) is 10.8. The van der Waals surface area contributed by atoms with E-state index in [4.69, 9.17) is 4.52 Å². The number of halogens is 2. The van der Waals surface area contributed by atoms with Crippen LogP contribution in [0.2, 0.25) is 0 Å². The van der Waals surface area contributed by atoms with Gasteiger partial charge in [0.2, 0.25) is 0 Å². The molecule has 0 unspecified atom stereocenters. The fourth-order valence-corrected chi connectivity index (χ4v) is 2.34. The van der Waals surface area contributed by atoms with E-state index in [0.29, 0.717) is 5.56 Å². The minimum absolute atomic E-state index is 0.111. The van der Waals surface area contributed by atoms with E-state index in [-0.39, 0.29) is 28.3 Å². The summed E-state index contributed by atoms with van der Waals surface area (Å²) in [6.45, 7) is -0.563. The Balaban J connectivity index is 2.16. The molecule has 0 radical (unpaired) electrons. The van der Waals surface area contributed by atoms with Crippen molar-refractivity contribution in [2.75, 3.05) is 0 Å². The average Bonchev–Trinajstić information content (AvgIpc) is 3.01. The van der Waals surface area contributed by atoms with E-state index >= 15 is 0 Å². The molecule has 6 nitrogen and oxygen atoms in total. The number of aromatic nitrogens is 1. The van der Waals surface area contributed by atoms with Gasteiger partial charge < -0.3 is 9.63 Å². The minimum atomic E-state index is -1.13. The Kier molecular flexibility index (Phi) is 4.05. The summed E-state index contributed by atoms with van der Waals surface area (Å²) in [5, 5.41) is 24.2. The molecule has 3 aromatic rings. The molecular weight excluding hydrogens is 322 g/mol. The van der Waals surface area contributed by atoms with E-state index in [1.807, 2.05) is 0 Å². The van der Waals surface area contributed by atoms with Crippen molar-refractivity contribution in [1.82, 2.24) is 5.16 Å². The summed E-state index contributed by atoms with van der Waals surface area (Å²) >= 11 is 0. The molecule has 1 N–H and O–H groups in total. The molecule has 122 valence electrons. The van der Waals surface area contributed by atoms with Gasteiger partial charge in [-0.3, -0.25) is 10.1 Å². The van der Waals surface area contributed by atoms with Gasteiger partial charge in [0.25, 0.3) is 5.69 Å². The van der Waals surface area contributed by atoms with Gasteiger partial charge in [-0.25, -0.2) is 8.78 Å². The van der Waals surface area contributed by atoms with Gasteiger partial charge in [0.15, 0.2) is 17.4 Å². The fourth-order valence-electron chi connectivity index (χ4n) is 2.34. The van der Waals surface area contributed by atoms with Crippen molar-refractivity contribution >= 4 is 5.69 Å². The Labute approximate surface area is 134 Å². The van der Waals surface area contributed by atoms with Crippen LogP contribution in [0.25, 0.3) is 22.6 Å². The Bertz CT molecular complexity index is 924. The summed E-state index contributed by atoms with van der Waals surface area (Å²) in [7, 11) is 0. The maximum Gasteiger partial charge on any atom is 0.270 e. The van der Waals surface area contributed by atoms with E-state index in [1.54, 1.807) is 0 Å². The first-order valence-electron chi connectivity index (χ1n) is 6.81. The quantitative estimate of drug-likeness (QED) is 0.581. The molecule has 3 rings (SSSR count). The molecule has 2 aromatic carbocycles. The molecule has 0 aliphatic rings. The first kappa shape index (κ1) is 15.8. The van der Waals surface area contributed by atoms with Gasteiger partial charge >= 0.3 is 0 Å². The highest BCUT2D eigenvalue weighted by atomic mass is 19.2. The van der Waals surface area contributed by atoms with Gasteiger partial charge in [0.1, 0.15) is 5.69 Å². The van der Waals surface area contributed by atoms with E-state index in [9.17, 15) is 24.0 Å². The zero-order valence-electron chi connectivity index (χ0n) is 12.1. The van der Waals surface area contributed by atoms with Gasteiger partial charge in [0.05, 0.1) is 22.7 Å². The molecule has 0 aliphatic carbocycles. The molecule has 8 heteroatoms. The Morgan fingerprint density at radius 2 is 1.96 bits per heavy atom. The van der Waals surface area contributed by atoms with Crippen molar-refractivity contribution in [2.45, 2.75) is 6.61 Å². The number of nitrogens with zero attached hydrogens (tertiary/aromatic N) is 2.